The van der Waals surface area contributed by atoms with Crippen LogP contribution >= 0.6 is 0 Å². The van der Waals surface area contributed by atoms with Gasteiger partial charge in [0.2, 0.25) is 0 Å². The zero-order valence-corrected chi connectivity index (χ0v) is 10.9. The minimum atomic E-state index is -0.843. The summed E-state index contributed by atoms with van der Waals surface area (Å²) in [7, 11) is 0. The number of hydrogen-bond acceptors (Lipinski definition) is 4. The molecule has 3 aliphatic rings. The van der Waals surface area contributed by atoms with Gasteiger partial charge in [-0.3, -0.25) is 14.4 Å². The maximum absolute atomic E-state index is 11.8. The minimum Gasteiger partial charge on any atom is -0.481 e. The second kappa shape index (κ2) is 4.32. The third-order valence-corrected chi connectivity index (χ3v) is 5.18. The highest BCUT2D eigenvalue weighted by atomic mass is 16.6. The highest BCUT2D eigenvalue weighted by Crippen LogP contribution is 2.52. The van der Waals surface area contributed by atoms with Crippen molar-refractivity contribution in [3.8, 4) is 0 Å². The number of hydrogen-bond donors (Lipinski definition) is 1. The number of ketones is 1. The van der Waals surface area contributed by atoms with Crippen molar-refractivity contribution in [2.75, 3.05) is 0 Å². The van der Waals surface area contributed by atoms with Crippen LogP contribution in [0, 0.1) is 29.6 Å². The van der Waals surface area contributed by atoms with Gasteiger partial charge >= 0.3 is 11.9 Å². The zero-order chi connectivity index (χ0) is 13.7. The lowest BCUT2D eigenvalue weighted by atomic mass is 9.57. The quantitative estimate of drug-likeness (QED) is 0.722. The number of ether oxygens (including phenoxy) is 1. The molecule has 6 atom stereocenters. The maximum Gasteiger partial charge on any atom is 0.309 e. The maximum atomic E-state index is 11.8. The molecule has 0 amide bonds. The van der Waals surface area contributed by atoms with E-state index in [1.54, 1.807) is 6.92 Å². The van der Waals surface area contributed by atoms with Gasteiger partial charge in [0.1, 0.15) is 11.9 Å². The van der Waals surface area contributed by atoms with E-state index < -0.39 is 11.9 Å². The Hall–Kier alpha value is -1.39. The first kappa shape index (κ1) is 12.6. The van der Waals surface area contributed by atoms with Crippen LogP contribution in [0.3, 0.4) is 0 Å². The molecule has 2 unspecified atom stereocenters. The van der Waals surface area contributed by atoms with Gasteiger partial charge in [0.15, 0.2) is 0 Å². The number of esters is 1. The fourth-order valence-corrected chi connectivity index (χ4v) is 4.43. The van der Waals surface area contributed by atoms with E-state index in [2.05, 4.69) is 0 Å². The summed E-state index contributed by atoms with van der Waals surface area (Å²) in [6.07, 6.45) is 1.85. The summed E-state index contributed by atoms with van der Waals surface area (Å²) >= 11 is 0. The molecule has 104 valence electrons. The number of fused-ring (bicyclic) bond motifs is 2. The van der Waals surface area contributed by atoms with Crippen LogP contribution in [-0.2, 0) is 19.1 Å². The first-order valence-corrected chi connectivity index (χ1v) is 6.94. The Morgan fingerprint density at radius 1 is 1.37 bits per heavy atom. The summed E-state index contributed by atoms with van der Waals surface area (Å²) in [5, 5.41) is 9.54. The molecule has 1 aliphatic heterocycles. The predicted octanol–water partition coefficient (Wildman–Crippen LogP) is 1.25. The molecule has 19 heavy (non-hydrogen) atoms. The van der Waals surface area contributed by atoms with Crippen LogP contribution < -0.4 is 0 Å². The Morgan fingerprint density at radius 2 is 2.11 bits per heavy atom. The predicted molar refractivity (Wildman–Crippen MR) is 64.1 cm³/mol. The third-order valence-electron chi connectivity index (χ3n) is 5.18. The lowest BCUT2D eigenvalue weighted by Gasteiger charge is -2.44. The molecule has 1 heterocycles. The second-order valence-electron chi connectivity index (χ2n) is 6.13. The van der Waals surface area contributed by atoms with Crippen LogP contribution in [0.4, 0.5) is 0 Å². The summed E-state index contributed by atoms with van der Waals surface area (Å²) in [5.74, 6) is -1.96. The van der Waals surface area contributed by atoms with E-state index in [0.29, 0.717) is 25.7 Å². The van der Waals surface area contributed by atoms with Crippen molar-refractivity contribution in [2.45, 2.75) is 38.7 Å². The molecule has 3 fully saturated rings. The molecule has 0 bridgehead atoms. The minimum absolute atomic E-state index is 0.0217. The van der Waals surface area contributed by atoms with Gasteiger partial charge in [-0.1, -0.05) is 0 Å². The second-order valence-corrected chi connectivity index (χ2v) is 6.13. The Kier molecular flexibility index (Phi) is 2.87. The fraction of sp³-hybridized carbons (Fsp3) is 0.786. The number of aliphatic carboxylic acids is 1. The lowest BCUT2D eigenvalue weighted by molar-refractivity contribution is -0.154. The van der Waals surface area contributed by atoms with E-state index >= 15 is 0 Å². The van der Waals surface area contributed by atoms with Crippen molar-refractivity contribution in [1.29, 1.82) is 0 Å². The highest BCUT2D eigenvalue weighted by molar-refractivity contribution is 5.82. The Balaban J connectivity index is 1.95. The van der Waals surface area contributed by atoms with Gasteiger partial charge in [0.25, 0.3) is 0 Å². The monoisotopic (exact) mass is 266 g/mol. The van der Waals surface area contributed by atoms with E-state index in [9.17, 15) is 19.5 Å². The molecular weight excluding hydrogens is 248 g/mol. The molecule has 2 aliphatic carbocycles. The zero-order valence-electron chi connectivity index (χ0n) is 10.9. The van der Waals surface area contributed by atoms with E-state index in [1.807, 2.05) is 0 Å². The van der Waals surface area contributed by atoms with Crippen LogP contribution in [0.25, 0.3) is 0 Å². The van der Waals surface area contributed by atoms with Crippen LogP contribution in [0.15, 0.2) is 0 Å². The molecule has 3 rings (SSSR count). The van der Waals surface area contributed by atoms with E-state index in [1.165, 1.54) is 0 Å². The third kappa shape index (κ3) is 1.86. The smallest absolute Gasteiger partial charge is 0.309 e. The van der Waals surface area contributed by atoms with Gasteiger partial charge < -0.3 is 9.84 Å². The summed E-state index contributed by atoms with van der Waals surface area (Å²) in [6.45, 7) is 1.78. The van der Waals surface area contributed by atoms with Crippen LogP contribution in [-0.4, -0.2) is 28.9 Å². The molecule has 5 heteroatoms. The molecule has 0 aromatic heterocycles. The first-order chi connectivity index (χ1) is 8.99. The average Bonchev–Trinajstić information content (AvgIpc) is 2.61. The Labute approximate surface area is 111 Å². The highest BCUT2D eigenvalue weighted by Gasteiger charge is 2.57. The molecule has 2 saturated carbocycles. The van der Waals surface area contributed by atoms with Gasteiger partial charge in [-0.05, 0) is 31.6 Å². The fourth-order valence-electron chi connectivity index (χ4n) is 4.43. The van der Waals surface area contributed by atoms with E-state index in [-0.39, 0.29) is 41.5 Å². The first-order valence-electron chi connectivity index (χ1n) is 6.94. The van der Waals surface area contributed by atoms with Crippen molar-refractivity contribution < 1.29 is 24.2 Å². The van der Waals surface area contributed by atoms with Crippen molar-refractivity contribution in [2.24, 2.45) is 29.6 Å². The van der Waals surface area contributed by atoms with Crippen LogP contribution in [0.5, 0.6) is 0 Å². The van der Waals surface area contributed by atoms with Gasteiger partial charge in [-0.2, -0.15) is 0 Å². The average molecular weight is 266 g/mol. The van der Waals surface area contributed by atoms with Crippen LogP contribution in [0.2, 0.25) is 0 Å². The summed E-state index contributed by atoms with van der Waals surface area (Å²) in [5.41, 5.74) is 0. The molecule has 0 radical (unpaired) electrons. The van der Waals surface area contributed by atoms with Crippen molar-refractivity contribution in [1.82, 2.24) is 0 Å². The van der Waals surface area contributed by atoms with Crippen molar-refractivity contribution in [3.05, 3.63) is 0 Å². The molecule has 1 saturated heterocycles. The Bertz CT molecular complexity index is 443. The number of carbonyl (C=O) groups excluding carboxylic acids is 2. The van der Waals surface area contributed by atoms with Gasteiger partial charge in [0.05, 0.1) is 11.8 Å². The van der Waals surface area contributed by atoms with E-state index in [0.717, 1.165) is 0 Å². The number of Topliss-reactive ketones (excluding diaryl/α,β-unsaturated/α-hetero) is 1. The number of carboxylic acids is 1. The number of cyclic esters (lactones) is 1. The normalized spacial score (nSPS) is 45.3. The van der Waals surface area contributed by atoms with Gasteiger partial charge in [0, 0.05) is 18.8 Å². The van der Waals surface area contributed by atoms with Gasteiger partial charge in [-0.15, -0.1) is 0 Å². The molecule has 0 spiro atoms. The molecular formula is C14H18O5. The summed E-state index contributed by atoms with van der Waals surface area (Å²) < 4.78 is 5.23. The SMILES string of the molecule is CC1OC(=O)C2C[C@@H]3CC(=O)CC[C@H]3[C@H](C(=O)O)[C@H]12. The van der Waals surface area contributed by atoms with E-state index in [4.69, 9.17) is 4.74 Å². The largest absolute Gasteiger partial charge is 0.481 e. The number of carbonyl (C=O) groups is 3. The standard InChI is InChI=1S/C14H18O5/c1-6-11-10(14(18)19-6)5-7-4-8(15)2-3-9(7)12(11)13(16)17/h6-7,9-12H,2-5H2,1H3,(H,16,17)/t6?,7-,9+,10?,11+,12-/m0/s1. The lowest BCUT2D eigenvalue weighted by Crippen LogP contribution is -2.48. The molecule has 5 nitrogen and oxygen atoms in total. The summed E-state index contributed by atoms with van der Waals surface area (Å²) in [6, 6.07) is 0. The van der Waals surface area contributed by atoms with Crippen LogP contribution in [0.1, 0.15) is 32.6 Å². The van der Waals surface area contributed by atoms with Crippen molar-refractivity contribution in [3.63, 3.8) is 0 Å². The number of carboxylic acid groups (broad SMARTS) is 1. The topological polar surface area (TPSA) is 80.7 Å². The van der Waals surface area contributed by atoms with Gasteiger partial charge in [-0.25, -0.2) is 0 Å². The number of rotatable bonds is 1. The molecule has 1 N–H and O–H groups in total. The molecule has 0 aromatic carbocycles. The summed E-state index contributed by atoms with van der Waals surface area (Å²) in [4.78, 5) is 35.0. The Morgan fingerprint density at radius 3 is 2.79 bits per heavy atom. The van der Waals surface area contributed by atoms with Crippen molar-refractivity contribution >= 4 is 17.7 Å². The molecule has 0 aromatic rings.